The van der Waals surface area contributed by atoms with Crippen LogP contribution in [0.2, 0.25) is 0 Å². The second-order valence-electron chi connectivity index (χ2n) is 6.93. The molecule has 1 aromatic rings. The molecule has 0 bridgehead atoms. The molecule has 0 aromatic heterocycles. The average molecular weight is 411 g/mol. The van der Waals surface area contributed by atoms with Crippen LogP contribution < -0.4 is 10.6 Å². The fraction of sp³-hybridized carbons (Fsp3) is 0.650. The maximum atomic E-state index is 12.2. The van der Waals surface area contributed by atoms with Crippen LogP contribution in [0.5, 0.6) is 0 Å². The number of benzene rings is 1. The van der Waals surface area contributed by atoms with E-state index in [4.69, 9.17) is 4.74 Å². The molecule has 1 aromatic carbocycles. The average Bonchev–Trinajstić information content (AvgIpc) is 2.69. The van der Waals surface area contributed by atoms with Gasteiger partial charge >= 0.3 is 0 Å². The SMILES string of the molecule is CCNC(=NCCCS(=O)(=O)Cc1ccccc1)NCCCN1CCOCC1. The fourth-order valence-corrected chi connectivity index (χ4v) is 4.47. The molecule has 7 nitrogen and oxygen atoms in total. The van der Waals surface area contributed by atoms with Crippen LogP contribution >= 0.6 is 0 Å². The number of morpholine rings is 1. The molecule has 0 spiro atoms. The Hall–Kier alpha value is -1.64. The van der Waals surface area contributed by atoms with Crippen molar-refractivity contribution in [2.75, 3.05) is 58.2 Å². The summed E-state index contributed by atoms with van der Waals surface area (Å²) in [5, 5.41) is 6.54. The molecule has 0 aliphatic carbocycles. The Morgan fingerprint density at radius 3 is 2.61 bits per heavy atom. The minimum absolute atomic E-state index is 0.0947. The van der Waals surface area contributed by atoms with Gasteiger partial charge in [-0.15, -0.1) is 0 Å². The molecule has 1 heterocycles. The summed E-state index contributed by atoms with van der Waals surface area (Å²) in [5.41, 5.74) is 0.835. The summed E-state index contributed by atoms with van der Waals surface area (Å²) >= 11 is 0. The van der Waals surface area contributed by atoms with Gasteiger partial charge in [0.1, 0.15) is 0 Å². The largest absolute Gasteiger partial charge is 0.379 e. The topological polar surface area (TPSA) is 83.0 Å². The highest BCUT2D eigenvalue weighted by Gasteiger charge is 2.12. The van der Waals surface area contributed by atoms with Gasteiger partial charge in [-0.2, -0.15) is 0 Å². The van der Waals surface area contributed by atoms with E-state index < -0.39 is 9.84 Å². The molecule has 0 amide bonds. The predicted octanol–water partition coefficient (Wildman–Crippen LogP) is 1.27. The molecule has 2 rings (SSSR count). The van der Waals surface area contributed by atoms with Crippen LogP contribution in [0, 0.1) is 0 Å². The number of aliphatic imine (C=N–C) groups is 1. The molecule has 0 atom stereocenters. The van der Waals surface area contributed by atoms with Gasteiger partial charge in [0.25, 0.3) is 0 Å². The lowest BCUT2D eigenvalue weighted by Gasteiger charge is -2.26. The molecule has 2 N–H and O–H groups in total. The number of guanidine groups is 1. The van der Waals surface area contributed by atoms with Crippen molar-refractivity contribution < 1.29 is 13.2 Å². The van der Waals surface area contributed by atoms with Crippen LogP contribution in [-0.2, 0) is 20.3 Å². The van der Waals surface area contributed by atoms with Crippen molar-refractivity contribution in [2.45, 2.75) is 25.5 Å². The Morgan fingerprint density at radius 2 is 1.89 bits per heavy atom. The van der Waals surface area contributed by atoms with Crippen molar-refractivity contribution in [3.63, 3.8) is 0 Å². The van der Waals surface area contributed by atoms with Crippen molar-refractivity contribution in [1.82, 2.24) is 15.5 Å². The van der Waals surface area contributed by atoms with Gasteiger partial charge < -0.3 is 15.4 Å². The first kappa shape index (κ1) is 22.6. The Balaban J connectivity index is 1.66. The van der Waals surface area contributed by atoms with Crippen molar-refractivity contribution in [1.29, 1.82) is 0 Å². The summed E-state index contributed by atoms with van der Waals surface area (Å²) in [5.74, 6) is 1.00. The number of hydrogen-bond acceptors (Lipinski definition) is 5. The zero-order chi connectivity index (χ0) is 20.1. The highest BCUT2D eigenvalue weighted by molar-refractivity contribution is 7.90. The Morgan fingerprint density at radius 1 is 1.14 bits per heavy atom. The molecule has 8 heteroatoms. The maximum absolute atomic E-state index is 12.2. The van der Waals surface area contributed by atoms with Gasteiger partial charge in [0.2, 0.25) is 0 Å². The van der Waals surface area contributed by atoms with E-state index in [-0.39, 0.29) is 11.5 Å². The second kappa shape index (κ2) is 12.7. The fourth-order valence-electron chi connectivity index (χ4n) is 3.05. The Bertz CT molecular complexity index is 674. The first-order valence-corrected chi connectivity index (χ1v) is 12.0. The van der Waals surface area contributed by atoms with E-state index in [0.717, 1.165) is 63.9 Å². The number of nitrogens with one attached hydrogen (secondary N) is 2. The minimum Gasteiger partial charge on any atom is -0.379 e. The number of rotatable bonds is 11. The van der Waals surface area contributed by atoms with Crippen molar-refractivity contribution >= 4 is 15.8 Å². The zero-order valence-corrected chi connectivity index (χ0v) is 17.7. The van der Waals surface area contributed by atoms with Crippen molar-refractivity contribution in [2.24, 2.45) is 4.99 Å². The third-order valence-electron chi connectivity index (χ3n) is 4.50. The molecule has 1 aliphatic heterocycles. The lowest BCUT2D eigenvalue weighted by Crippen LogP contribution is -2.40. The summed E-state index contributed by atoms with van der Waals surface area (Å²) < 4.78 is 29.8. The standard InChI is InChI=1S/C20H34N4O3S/c1-2-21-20(22-10-6-12-24-13-15-27-16-14-24)23-11-7-17-28(25,26)18-19-8-4-3-5-9-19/h3-5,8-9H,2,6-7,10-18H2,1H3,(H2,21,22,23). The third kappa shape index (κ3) is 9.52. The van der Waals surface area contributed by atoms with Crippen molar-refractivity contribution in [3.05, 3.63) is 35.9 Å². The van der Waals surface area contributed by atoms with Gasteiger partial charge in [0.05, 0.1) is 24.7 Å². The lowest BCUT2D eigenvalue weighted by molar-refractivity contribution is 0.0376. The number of nitrogens with zero attached hydrogens (tertiary/aromatic N) is 2. The molecular formula is C20H34N4O3S. The van der Waals surface area contributed by atoms with Gasteiger partial charge in [-0.05, 0) is 31.9 Å². The molecule has 158 valence electrons. The van der Waals surface area contributed by atoms with E-state index in [0.29, 0.717) is 13.0 Å². The summed E-state index contributed by atoms with van der Waals surface area (Å²) in [6, 6.07) is 9.31. The molecule has 0 saturated carbocycles. The van der Waals surface area contributed by atoms with Gasteiger partial charge in [-0.25, -0.2) is 8.42 Å². The summed E-state index contributed by atoms with van der Waals surface area (Å²) in [6.07, 6.45) is 1.56. The van der Waals surface area contributed by atoms with E-state index >= 15 is 0 Å². The summed E-state index contributed by atoms with van der Waals surface area (Å²) in [6.45, 7) is 8.85. The van der Waals surface area contributed by atoms with Crippen molar-refractivity contribution in [3.8, 4) is 0 Å². The molecule has 1 saturated heterocycles. The first-order chi connectivity index (χ1) is 13.6. The van der Waals surface area contributed by atoms with Crippen LogP contribution in [0.3, 0.4) is 0 Å². The quantitative estimate of drug-likeness (QED) is 0.325. The molecular weight excluding hydrogens is 376 g/mol. The van der Waals surface area contributed by atoms with Crippen LogP contribution in [0.4, 0.5) is 0 Å². The maximum Gasteiger partial charge on any atom is 0.191 e. The van der Waals surface area contributed by atoms with Gasteiger partial charge in [-0.1, -0.05) is 30.3 Å². The van der Waals surface area contributed by atoms with Crippen LogP contribution in [0.25, 0.3) is 0 Å². The molecule has 0 unspecified atom stereocenters. The van der Waals surface area contributed by atoms with E-state index in [1.807, 2.05) is 37.3 Å². The number of ether oxygens (including phenoxy) is 1. The summed E-state index contributed by atoms with van der Waals surface area (Å²) in [4.78, 5) is 6.91. The smallest absolute Gasteiger partial charge is 0.191 e. The van der Waals surface area contributed by atoms with Crippen LogP contribution in [-0.4, -0.2) is 77.5 Å². The monoisotopic (exact) mass is 410 g/mol. The third-order valence-corrected chi connectivity index (χ3v) is 6.19. The molecule has 1 fully saturated rings. The van der Waals surface area contributed by atoms with Gasteiger partial charge in [0.15, 0.2) is 15.8 Å². The molecule has 1 aliphatic rings. The van der Waals surface area contributed by atoms with Gasteiger partial charge in [0, 0.05) is 32.7 Å². The number of sulfone groups is 1. The highest BCUT2D eigenvalue weighted by atomic mass is 32.2. The van der Waals surface area contributed by atoms with E-state index in [1.165, 1.54) is 0 Å². The lowest BCUT2D eigenvalue weighted by atomic mass is 10.2. The first-order valence-electron chi connectivity index (χ1n) is 10.2. The Labute approximate surface area is 169 Å². The minimum atomic E-state index is -3.10. The van der Waals surface area contributed by atoms with E-state index in [1.54, 1.807) is 0 Å². The second-order valence-corrected chi connectivity index (χ2v) is 9.11. The van der Waals surface area contributed by atoms with Gasteiger partial charge in [-0.3, -0.25) is 9.89 Å². The zero-order valence-electron chi connectivity index (χ0n) is 16.9. The van der Waals surface area contributed by atoms with Crippen LogP contribution in [0.15, 0.2) is 35.3 Å². The predicted molar refractivity (Wildman–Crippen MR) is 114 cm³/mol. The Kier molecular flexibility index (Phi) is 10.3. The molecule has 0 radical (unpaired) electrons. The molecule has 28 heavy (non-hydrogen) atoms. The van der Waals surface area contributed by atoms with E-state index in [9.17, 15) is 8.42 Å². The van der Waals surface area contributed by atoms with Crippen LogP contribution in [0.1, 0.15) is 25.3 Å². The summed E-state index contributed by atoms with van der Waals surface area (Å²) in [7, 11) is -3.10. The van der Waals surface area contributed by atoms with E-state index in [2.05, 4.69) is 20.5 Å². The number of hydrogen-bond donors (Lipinski definition) is 2. The normalized spacial score (nSPS) is 16.1. The highest BCUT2D eigenvalue weighted by Crippen LogP contribution is 2.07.